The summed E-state index contributed by atoms with van der Waals surface area (Å²) in [6.45, 7) is 0. The summed E-state index contributed by atoms with van der Waals surface area (Å²) in [4.78, 5) is 24.6. The number of nitriles is 1. The number of nitrogens with one attached hydrogen (secondary N) is 1. The minimum absolute atomic E-state index is 0.143. The third-order valence-electron chi connectivity index (χ3n) is 3.41. The summed E-state index contributed by atoms with van der Waals surface area (Å²) in [5.41, 5.74) is 2.06. The molecule has 0 saturated heterocycles. The Kier molecular flexibility index (Phi) is 5.12. The Morgan fingerprint density at radius 1 is 1.25 bits per heavy atom. The van der Waals surface area contributed by atoms with Crippen LogP contribution in [0.4, 0.5) is 17.1 Å². The van der Waals surface area contributed by atoms with Gasteiger partial charge in [-0.15, -0.1) is 0 Å². The van der Waals surface area contributed by atoms with Crippen LogP contribution in [-0.4, -0.2) is 24.9 Å². The highest BCUT2D eigenvalue weighted by atomic mass is 16.6. The van der Waals surface area contributed by atoms with Crippen LogP contribution in [0.15, 0.2) is 42.5 Å². The lowest BCUT2D eigenvalue weighted by Crippen LogP contribution is -2.18. The first-order chi connectivity index (χ1) is 11.4. The number of carbonyl (C=O) groups excluding carboxylic acids is 1. The molecule has 0 heterocycles. The molecule has 2 rings (SSSR count). The second-order valence-electron chi connectivity index (χ2n) is 5.34. The Hall–Kier alpha value is -3.40. The van der Waals surface area contributed by atoms with E-state index in [1.165, 1.54) is 12.1 Å². The van der Waals surface area contributed by atoms with Crippen molar-refractivity contribution >= 4 is 23.0 Å². The van der Waals surface area contributed by atoms with Gasteiger partial charge < -0.3 is 10.2 Å². The van der Waals surface area contributed by atoms with Gasteiger partial charge in [0.25, 0.3) is 11.6 Å². The predicted octanol–water partition coefficient (Wildman–Crippen LogP) is 2.98. The number of anilines is 2. The van der Waals surface area contributed by atoms with Crippen molar-refractivity contribution in [1.29, 1.82) is 5.26 Å². The fourth-order valence-electron chi connectivity index (χ4n) is 2.21. The molecule has 0 aliphatic heterocycles. The number of non-ortho nitro benzene ring substituents is 1. The van der Waals surface area contributed by atoms with E-state index in [2.05, 4.69) is 11.4 Å². The van der Waals surface area contributed by atoms with E-state index in [4.69, 9.17) is 5.26 Å². The number of nitro groups is 1. The molecule has 0 unspecified atom stereocenters. The molecule has 0 aliphatic carbocycles. The zero-order valence-corrected chi connectivity index (χ0v) is 13.3. The zero-order chi connectivity index (χ0) is 17.7. The molecule has 0 radical (unpaired) electrons. The van der Waals surface area contributed by atoms with Gasteiger partial charge in [0.05, 0.1) is 23.0 Å². The molecular weight excluding hydrogens is 308 g/mol. The molecule has 1 amide bonds. The van der Waals surface area contributed by atoms with E-state index in [0.717, 1.165) is 5.56 Å². The lowest BCUT2D eigenvalue weighted by atomic mass is 10.1. The van der Waals surface area contributed by atoms with Crippen molar-refractivity contribution in [2.75, 3.05) is 24.3 Å². The summed E-state index contributed by atoms with van der Waals surface area (Å²) in [6, 6.07) is 13.1. The van der Waals surface area contributed by atoms with Gasteiger partial charge in [0.2, 0.25) is 0 Å². The number of nitro benzene ring substituents is 1. The molecule has 0 aliphatic rings. The van der Waals surface area contributed by atoms with Crippen LogP contribution in [0.25, 0.3) is 0 Å². The summed E-state index contributed by atoms with van der Waals surface area (Å²) in [7, 11) is 3.52. The lowest BCUT2D eigenvalue weighted by molar-refractivity contribution is -0.384. The van der Waals surface area contributed by atoms with Crippen molar-refractivity contribution in [1.82, 2.24) is 0 Å². The van der Waals surface area contributed by atoms with Gasteiger partial charge >= 0.3 is 0 Å². The molecule has 0 fully saturated rings. The first-order valence-corrected chi connectivity index (χ1v) is 7.15. The molecule has 0 saturated carbocycles. The summed E-state index contributed by atoms with van der Waals surface area (Å²) in [5, 5.41) is 22.3. The predicted molar refractivity (Wildman–Crippen MR) is 91.1 cm³/mol. The third-order valence-corrected chi connectivity index (χ3v) is 3.41. The highest BCUT2D eigenvalue weighted by Crippen LogP contribution is 2.25. The van der Waals surface area contributed by atoms with Crippen LogP contribution in [0.3, 0.4) is 0 Å². The number of nitrogens with zero attached hydrogens (tertiary/aromatic N) is 3. The van der Waals surface area contributed by atoms with Gasteiger partial charge in [-0.3, -0.25) is 14.9 Å². The van der Waals surface area contributed by atoms with E-state index in [0.29, 0.717) is 17.8 Å². The van der Waals surface area contributed by atoms with Crippen molar-refractivity contribution in [3.63, 3.8) is 0 Å². The highest BCUT2D eigenvalue weighted by molar-refractivity contribution is 6.08. The number of hydrogen-bond acceptors (Lipinski definition) is 5. The monoisotopic (exact) mass is 324 g/mol. The number of carbonyl (C=O) groups is 1. The van der Waals surface area contributed by atoms with Crippen LogP contribution in [-0.2, 0) is 6.42 Å². The zero-order valence-electron chi connectivity index (χ0n) is 13.3. The minimum Gasteiger partial charge on any atom is -0.377 e. The topological polar surface area (TPSA) is 99.3 Å². The molecule has 0 bridgehead atoms. The van der Waals surface area contributed by atoms with Crippen LogP contribution in [0.2, 0.25) is 0 Å². The van der Waals surface area contributed by atoms with Gasteiger partial charge in [0, 0.05) is 37.6 Å². The van der Waals surface area contributed by atoms with Gasteiger partial charge in [-0.25, -0.2) is 0 Å². The molecule has 0 aromatic heterocycles. The first kappa shape index (κ1) is 17.0. The van der Waals surface area contributed by atoms with Gasteiger partial charge in [-0.1, -0.05) is 12.1 Å². The molecule has 0 atom stereocenters. The summed E-state index contributed by atoms with van der Waals surface area (Å²) in [6.07, 6.45) is 0.296. The fourth-order valence-corrected chi connectivity index (χ4v) is 2.21. The maximum Gasteiger partial charge on any atom is 0.270 e. The third kappa shape index (κ3) is 3.87. The second kappa shape index (κ2) is 7.24. The van der Waals surface area contributed by atoms with E-state index < -0.39 is 10.8 Å². The maximum absolute atomic E-state index is 12.5. The van der Waals surface area contributed by atoms with E-state index in [-0.39, 0.29) is 11.3 Å². The molecule has 24 heavy (non-hydrogen) atoms. The van der Waals surface area contributed by atoms with E-state index in [9.17, 15) is 14.9 Å². The maximum atomic E-state index is 12.5. The van der Waals surface area contributed by atoms with Gasteiger partial charge in [-0.2, -0.15) is 5.26 Å². The largest absolute Gasteiger partial charge is 0.377 e. The van der Waals surface area contributed by atoms with Crippen LogP contribution in [0.1, 0.15) is 15.9 Å². The Labute approximate surface area is 139 Å². The highest BCUT2D eigenvalue weighted by Gasteiger charge is 2.18. The Bertz CT molecular complexity index is 808. The normalized spacial score (nSPS) is 9.88. The van der Waals surface area contributed by atoms with Crippen molar-refractivity contribution < 1.29 is 9.72 Å². The standard InChI is InChI=1S/C17H16N4O3/c1-20(2)16-8-7-14(21(23)24)11-15(16)17(22)19-13-5-3-12(4-6-13)9-10-18/h3-8,11H,9H2,1-2H3,(H,19,22). The number of amides is 1. The van der Waals surface area contributed by atoms with Crippen molar-refractivity contribution in [2.24, 2.45) is 0 Å². The van der Waals surface area contributed by atoms with Crippen LogP contribution in [0.5, 0.6) is 0 Å². The van der Waals surface area contributed by atoms with Crippen molar-refractivity contribution in [3.05, 3.63) is 63.7 Å². The second-order valence-corrected chi connectivity index (χ2v) is 5.34. The van der Waals surface area contributed by atoms with Crippen molar-refractivity contribution in [2.45, 2.75) is 6.42 Å². The quantitative estimate of drug-likeness (QED) is 0.673. The molecule has 2 aromatic carbocycles. The number of benzene rings is 2. The van der Waals surface area contributed by atoms with Gasteiger partial charge in [-0.05, 0) is 23.8 Å². The molecular formula is C17H16N4O3. The SMILES string of the molecule is CN(C)c1ccc([N+](=O)[O-])cc1C(=O)Nc1ccc(CC#N)cc1. The number of rotatable bonds is 5. The van der Waals surface area contributed by atoms with Gasteiger partial charge in [0.15, 0.2) is 0 Å². The minimum atomic E-state index is -0.535. The summed E-state index contributed by atoms with van der Waals surface area (Å²) >= 11 is 0. The van der Waals surface area contributed by atoms with E-state index >= 15 is 0 Å². The molecule has 0 spiro atoms. The summed E-state index contributed by atoms with van der Waals surface area (Å²) in [5.74, 6) is -0.435. The van der Waals surface area contributed by atoms with Crippen LogP contribution >= 0.6 is 0 Å². The Morgan fingerprint density at radius 3 is 2.46 bits per heavy atom. The molecule has 7 nitrogen and oxygen atoms in total. The van der Waals surface area contributed by atoms with Crippen LogP contribution in [0, 0.1) is 21.4 Å². The molecule has 2 aromatic rings. The smallest absolute Gasteiger partial charge is 0.270 e. The number of hydrogen-bond donors (Lipinski definition) is 1. The Balaban J connectivity index is 2.29. The first-order valence-electron chi connectivity index (χ1n) is 7.15. The average molecular weight is 324 g/mol. The van der Waals surface area contributed by atoms with E-state index in [1.54, 1.807) is 49.3 Å². The molecule has 7 heteroatoms. The van der Waals surface area contributed by atoms with E-state index in [1.807, 2.05) is 0 Å². The lowest BCUT2D eigenvalue weighted by Gasteiger charge is -2.17. The summed E-state index contributed by atoms with van der Waals surface area (Å²) < 4.78 is 0. The average Bonchev–Trinajstić information content (AvgIpc) is 2.56. The Morgan fingerprint density at radius 2 is 1.92 bits per heavy atom. The fraction of sp³-hybridized carbons (Fsp3) is 0.176. The molecule has 122 valence electrons. The van der Waals surface area contributed by atoms with Crippen molar-refractivity contribution in [3.8, 4) is 6.07 Å². The molecule has 1 N–H and O–H groups in total. The van der Waals surface area contributed by atoms with Crippen LogP contribution < -0.4 is 10.2 Å². The van der Waals surface area contributed by atoms with Gasteiger partial charge in [0.1, 0.15) is 0 Å².